The summed E-state index contributed by atoms with van der Waals surface area (Å²) in [6, 6.07) is 10.5. The first-order valence-electron chi connectivity index (χ1n) is 7.40. The van der Waals surface area contributed by atoms with Crippen LogP contribution in [0.1, 0.15) is 38.5 Å². The molecule has 19 heavy (non-hydrogen) atoms. The van der Waals surface area contributed by atoms with E-state index in [1.165, 1.54) is 44.2 Å². The highest BCUT2D eigenvalue weighted by Crippen LogP contribution is 2.55. The minimum absolute atomic E-state index is 0. The van der Waals surface area contributed by atoms with Crippen LogP contribution in [0.2, 0.25) is 0 Å². The minimum Gasteiger partial charge on any atom is -0.321 e. The Bertz CT molecular complexity index is 396. The lowest BCUT2D eigenvalue weighted by molar-refractivity contribution is -0.0160. The summed E-state index contributed by atoms with van der Waals surface area (Å²) in [4.78, 5) is 0. The summed E-state index contributed by atoms with van der Waals surface area (Å²) in [6.45, 7) is 0. The van der Waals surface area contributed by atoms with Crippen molar-refractivity contribution >= 4 is 18.1 Å². The molecule has 4 fully saturated rings. The van der Waals surface area contributed by atoms with Crippen molar-refractivity contribution in [1.29, 1.82) is 0 Å². The van der Waals surface area contributed by atoms with Crippen LogP contribution in [0.25, 0.3) is 0 Å². The lowest BCUT2D eigenvalue weighted by atomic mass is 9.53. The van der Waals surface area contributed by atoms with E-state index in [0.717, 1.165) is 17.8 Å². The number of anilines is 1. The average molecular weight is 279 g/mol. The van der Waals surface area contributed by atoms with Gasteiger partial charge in [-0.25, -0.2) is 5.43 Å². The second-order valence-electron chi connectivity index (χ2n) is 6.81. The molecule has 1 aromatic carbocycles. The lowest BCUT2D eigenvalue weighted by Gasteiger charge is -2.56. The lowest BCUT2D eigenvalue weighted by Crippen LogP contribution is -2.59. The van der Waals surface area contributed by atoms with E-state index in [0.29, 0.717) is 5.54 Å². The number of hydrogen-bond acceptors (Lipinski definition) is 2. The molecule has 0 unspecified atom stereocenters. The van der Waals surface area contributed by atoms with Gasteiger partial charge in [-0.1, -0.05) is 18.2 Å². The molecule has 1 aromatic rings. The molecule has 4 saturated carbocycles. The molecule has 0 saturated heterocycles. The van der Waals surface area contributed by atoms with E-state index in [2.05, 4.69) is 41.2 Å². The van der Waals surface area contributed by atoms with Crippen LogP contribution in [-0.2, 0) is 0 Å². The summed E-state index contributed by atoms with van der Waals surface area (Å²) in [5, 5.41) is 0. The van der Waals surface area contributed by atoms with Crippen molar-refractivity contribution in [3.8, 4) is 0 Å². The van der Waals surface area contributed by atoms with Crippen LogP contribution in [0.3, 0.4) is 0 Å². The van der Waals surface area contributed by atoms with Gasteiger partial charge < -0.3 is 5.43 Å². The average Bonchev–Trinajstić information content (AvgIpc) is 2.36. The number of para-hydroxylation sites is 1. The van der Waals surface area contributed by atoms with Crippen LogP contribution in [-0.4, -0.2) is 5.54 Å². The molecule has 0 aromatic heterocycles. The molecule has 0 spiro atoms. The third-order valence-electron chi connectivity index (χ3n) is 5.28. The number of nitrogens with one attached hydrogen (secondary N) is 2. The monoisotopic (exact) mass is 278 g/mol. The summed E-state index contributed by atoms with van der Waals surface area (Å²) in [7, 11) is 0. The Morgan fingerprint density at radius 3 is 1.89 bits per heavy atom. The first-order valence-corrected chi connectivity index (χ1v) is 7.40. The molecule has 0 atom stereocenters. The van der Waals surface area contributed by atoms with Crippen molar-refractivity contribution in [2.75, 3.05) is 5.43 Å². The molecule has 0 heterocycles. The van der Waals surface area contributed by atoms with E-state index < -0.39 is 0 Å². The van der Waals surface area contributed by atoms with E-state index in [1.54, 1.807) is 0 Å². The molecule has 0 aliphatic heterocycles. The van der Waals surface area contributed by atoms with E-state index in [4.69, 9.17) is 0 Å². The Labute approximate surface area is 121 Å². The van der Waals surface area contributed by atoms with Crippen molar-refractivity contribution < 1.29 is 0 Å². The smallest absolute Gasteiger partial charge is 0.0487 e. The van der Waals surface area contributed by atoms with Crippen molar-refractivity contribution in [1.82, 2.24) is 5.43 Å². The maximum absolute atomic E-state index is 3.69. The molecule has 0 amide bonds. The molecule has 4 aliphatic rings. The summed E-state index contributed by atoms with van der Waals surface area (Å²) in [5.41, 5.74) is 8.73. The van der Waals surface area contributed by atoms with E-state index >= 15 is 0 Å². The maximum atomic E-state index is 3.69. The van der Waals surface area contributed by atoms with Crippen LogP contribution in [0.4, 0.5) is 5.69 Å². The summed E-state index contributed by atoms with van der Waals surface area (Å²) >= 11 is 0. The Morgan fingerprint density at radius 1 is 0.842 bits per heavy atom. The van der Waals surface area contributed by atoms with Gasteiger partial charge in [0.15, 0.2) is 0 Å². The molecule has 4 bridgehead atoms. The van der Waals surface area contributed by atoms with Crippen LogP contribution >= 0.6 is 12.4 Å². The van der Waals surface area contributed by atoms with Gasteiger partial charge in [-0.2, -0.15) is 0 Å². The van der Waals surface area contributed by atoms with Crippen molar-refractivity contribution in [2.45, 2.75) is 44.1 Å². The van der Waals surface area contributed by atoms with Gasteiger partial charge in [-0.15, -0.1) is 12.4 Å². The second kappa shape index (κ2) is 4.99. The van der Waals surface area contributed by atoms with E-state index in [-0.39, 0.29) is 12.4 Å². The fourth-order valence-corrected chi connectivity index (χ4v) is 4.99. The van der Waals surface area contributed by atoms with Gasteiger partial charge in [0, 0.05) is 11.2 Å². The predicted molar refractivity (Wildman–Crippen MR) is 81.4 cm³/mol. The molecule has 5 rings (SSSR count). The molecule has 2 N–H and O–H groups in total. The van der Waals surface area contributed by atoms with Crippen LogP contribution in [0.15, 0.2) is 30.3 Å². The number of hydrogen-bond donors (Lipinski definition) is 2. The van der Waals surface area contributed by atoms with Gasteiger partial charge in [0.1, 0.15) is 0 Å². The summed E-state index contributed by atoms with van der Waals surface area (Å²) in [5.74, 6) is 3.00. The number of rotatable bonds is 3. The van der Waals surface area contributed by atoms with Gasteiger partial charge in [0.05, 0.1) is 0 Å². The zero-order chi connectivity index (χ0) is 12.0. The normalized spacial score (nSPS) is 38.8. The zero-order valence-electron chi connectivity index (χ0n) is 11.3. The van der Waals surface area contributed by atoms with Crippen LogP contribution < -0.4 is 10.9 Å². The second-order valence-corrected chi connectivity index (χ2v) is 6.81. The molecular formula is C16H23ClN2. The molecule has 3 heteroatoms. The standard InChI is InChI=1S/C16H22N2.ClH/c1-2-4-15(5-3-1)17-18-16-9-12-6-13(10-16)8-14(7-12)11-16;/h1-5,12-14,17-18H,6-11H2;1H. The van der Waals surface area contributed by atoms with Gasteiger partial charge >= 0.3 is 0 Å². The molecule has 104 valence electrons. The van der Waals surface area contributed by atoms with E-state index in [1.807, 2.05) is 0 Å². The topological polar surface area (TPSA) is 24.1 Å². The highest BCUT2D eigenvalue weighted by molar-refractivity contribution is 5.85. The first-order chi connectivity index (χ1) is 8.81. The highest BCUT2D eigenvalue weighted by atomic mass is 35.5. The van der Waals surface area contributed by atoms with Crippen LogP contribution in [0.5, 0.6) is 0 Å². The number of hydrazine groups is 1. The maximum Gasteiger partial charge on any atom is 0.0487 e. The summed E-state index contributed by atoms with van der Waals surface area (Å²) in [6.07, 6.45) is 8.68. The van der Waals surface area contributed by atoms with Crippen LogP contribution in [0, 0.1) is 17.8 Å². The predicted octanol–water partition coefficient (Wildman–Crippen LogP) is 3.99. The number of halogens is 1. The first kappa shape index (κ1) is 13.3. The quantitative estimate of drug-likeness (QED) is 0.817. The molecular weight excluding hydrogens is 256 g/mol. The fourth-order valence-electron chi connectivity index (χ4n) is 4.99. The Hall–Kier alpha value is -0.730. The third-order valence-corrected chi connectivity index (χ3v) is 5.28. The Morgan fingerprint density at radius 2 is 1.37 bits per heavy atom. The van der Waals surface area contributed by atoms with Crippen molar-refractivity contribution in [3.05, 3.63) is 30.3 Å². The fraction of sp³-hybridized carbons (Fsp3) is 0.625. The zero-order valence-corrected chi connectivity index (χ0v) is 12.1. The van der Waals surface area contributed by atoms with Gasteiger partial charge in [0.25, 0.3) is 0 Å². The van der Waals surface area contributed by atoms with Gasteiger partial charge in [0.2, 0.25) is 0 Å². The Balaban J connectivity index is 0.00000110. The summed E-state index contributed by atoms with van der Waals surface area (Å²) < 4.78 is 0. The Kier molecular flexibility index (Phi) is 3.48. The minimum atomic E-state index is 0. The molecule has 0 radical (unpaired) electrons. The van der Waals surface area contributed by atoms with Gasteiger partial charge in [-0.3, -0.25) is 0 Å². The van der Waals surface area contributed by atoms with Gasteiger partial charge in [-0.05, 0) is 68.4 Å². The molecule has 4 aliphatic carbocycles. The largest absolute Gasteiger partial charge is 0.321 e. The van der Waals surface area contributed by atoms with E-state index in [9.17, 15) is 0 Å². The van der Waals surface area contributed by atoms with Crippen molar-refractivity contribution in [2.24, 2.45) is 17.8 Å². The van der Waals surface area contributed by atoms with Crippen molar-refractivity contribution in [3.63, 3.8) is 0 Å². The highest BCUT2D eigenvalue weighted by Gasteiger charge is 2.50. The SMILES string of the molecule is Cl.c1ccc(NNC23CC4CC(CC(C4)C2)C3)cc1. The third kappa shape index (κ3) is 2.48. The number of benzene rings is 1. The molecule has 2 nitrogen and oxygen atoms in total.